The fourth-order valence-corrected chi connectivity index (χ4v) is 2.39. The Labute approximate surface area is 103 Å². The lowest BCUT2D eigenvalue weighted by Gasteiger charge is -2.16. The summed E-state index contributed by atoms with van der Waals surface area (Å²) in [4.78, 5) is 0. The number of hydrogen-bond donors (Lipinski definition) is 2. The number of hydrogen-bond acceptors (Lipinski definition) is 3. The highest BCUT2D eigenvalue weighted by atomic mass is 16.5. The van der Waals surface area contributed by atoms with Gasteiger partial charge in [-0.25, -0.2) is 0 Å². The van der Waals surface area contributed by atoms with E-state index in [0.29, 0.717) is 11.8 Å². The van der Waals surface area contributed by atoms with Crippen molar-refractivity contribution in [1.29, 1.82) is 0 Å². The lowest BCUT2D eigenvalue weighted by molar-refractivity contribution is 0.105. The van der Waals surface area contributed by atoms with Crippen LogP contribution in [0.3, 0.4) is 0 Å². The monoisotopic (exact) mass is 234 g/mol. The fraction of sp³-hybridized carbons (Fsp3) is 0.571. The Hall–Kier alpha value is -0.900. The smallest absolute Gasteiger partial charge is 0.0636 e. The van der Waals surface area contributed by atoms with E-state index in [4.69, 9.17) is 10.6 Å². The van der Waals surface area contributed by atoms with Gasteiger partial charge in [-0.05, 0) is 30.2 Å². The van der Waals surface area contributed by atoms with Crippen molar-refractivity contribution < 1.29 is 4.74 Å². The third kappa shape index (κ3) is 3.28. The molecule has 1 aromatic rings. The highest BCUT2D eigenvalue weighted by molar-refractivity contribution is 5.26. The van der Waals surface area contributed by atoms with E-state index in [2.05, 4.69) is 42.7 Å². The lowest BCUT2D eigenvalue weighted by atomic mass is 10.1. The molecule has 3 nitrogen and oxygen atoms in total. The van der Waals surface area contributed by atoms with Gasteiger partial charge in [0.15, 0.2) is 0 Å². The van der Waals surface area contributed by atoms with E-state index >= 15 is 0 Å². The first-order valence-corrected chi connectivity index (χ1v) is 6.45. The Balaban J connectivity index is 1.83. The molecule has 2 rings (SSSR count). The molecular weight excluding hydrogens is 212 g/mol. The Morgan fingerprint density at radius 1 is 1.41 bits per heavy atom. The molecule has 0 aromatic heterocycles. The van der Waals surface area contributed by atoms with Crippen molar-refractivity contribution in [2.45, 2.75) is 31.7 Å². The van der Waals surface area contributed by atoms with Crippen molar-refractivity contribution >= 4 is 0 Å². The van der Waals surface area contributed by atoms with Gasteiger partial charge in [-0.3, -0.25) is 11.3 Å². The van der Waals surface area contributed by atoms with Crippen molar-refractivity contribution in [3.05, 3.63) is 35.9 Å². The topological polar surface area (TPSA) is 47.3 Å². The largest absolute Gasteiger partial charge is 0.380 e. The van der Waals surface area contributed by atoms with E-state index in [1.165, 1.54) is 12.0 Å². The maximum atomic E-state index is 5.61. The average Bonchev–Trinajstić information content (AvgIpc) is 3.16. The molecule has 1 saturated carbocycles. The number of hydrazine groups is 1. The first-order valence-electron chi connectivity index (χ1n) is 6.45. The molecule has 94 valence electrons. The standard InChI is InChI=1S/C14H22N2O/c1-2-8-17-10-14(16-15)13-9-12(13)11-6-4-3-5-7-11/h3-7,12-14,16H,2,8-10,15H2,1H3. The second-order valence-electron chi connectivity index (χ2n) is 4.76. The minimum Gasteiger partial charge on any atom is -0.380 e. The molecule has 0 radical (unpaired) electrons. The number of nitrogens with two attached hydrogens (primary N) is 1. The lowest BCUT2D eigenvalue weighted by Crippen LogP contribution is -2.40. The van der Waals surface area contributed by atoms with E-state index in [-0.39, 0.29) is 6.04 Å². The molecule has 0 spiro atoms. The number of rotatable bonds is 7. The van der Waals surface area contributed by atoms with E-state index in [9.17, 15) is 0 Å². The normalized spacial score (nSPS) is 24.6. The molecule has 1 aromatic carbocycles. The number of ether oxygens (including phenoxy) is 1. The molecule has 3 unspecified atom stereocenters. The first-order chi connectivity index (χ1) is 8.36. The van der Waals surface area contributed by atoms with Gasteiger partial charge in [-0.15, -0.1) is 0 Å². The Morgan fingerprint density at radius 3 is 2.82 bits per heavy atom. The van der Waals surface area contributed by atoms with Gasteiger partial charge in [0.05, 0.1) is 6.61 Å². The van der Waals surface area contributed by atoms with Crippen molar-refractivity contribution in [3.8, 4) is 0 Å². The summed E-state index contributed by atoms with van der Waals surface area (Å²) < 4.78 is 5.58. The Kier molecular flexibility index (Phi) is 4.54. The summed E-state index contributed by atoms with van der Waals surface area (Å²) in [6.45, 7) is 3.66. The third-order valence-corrected chi connectivity index (χ3v) is 3.44. The second kappa shape index (κ2) is 6.15. The van der Waals surface area contributed by atoms with E-state index in [0.717, 1.165) is 19.6 Å². The van der Waals surface area contributed by atoms with Crippen LogP contribution in [0.2, 0.25) is 0 Å². The van der Waals surface area contributed by atoms with E-state index in [1.54, 1.807) is 0 Å². The summed E-state index contributed by atoms with van der Waals surface area (Å²) in [6, 6.07) is 10.9. The van der Waals surface area contributed by atoms with Crippen LogP contribution < -0.4 is 11.3 Å². The zero-order valence-corrected chi connectivity index (χ0v) is 10.4. The molecule has 1 aliphatic carbocycles. The van der Waals surface area contributed by atoms with Crippen LogP contribution in [0.25, 0.3) is 0 Å². The third-order valence-electron chi connectivity index (χ3n) is 3.44. The molecule has 0 amide bonds. The summed E-state index contributed by atoms with van der Waals surface area (Å²) in [7, 11) is 0. The number of benzene rings is 1. The molecule has 0 heterocycles. The van der Waals surface area contributed by atoms with Crippen LogP contribution in [0, 0.1) is 5.92 Å². The van der Waals surface area contributed by atoms with Crippen molar-refractivity contribution in [2.24, 2.45) is 11.8 Å². The zero-order valence-electron chi connectivity index (χ0n) is 10.4. The Morgan fingerprint density at radius 2 is 2.18 bits per heavy atom. The van der Waals surface area contributed by atoms with Crippen LogP contribution in [0.1, 0.15) is 31.2 Å². The highest BCUT2D eigenvalue weighted by Crippen LogP contribution is 2.49. The van der Waals surface area contributed by atoms with Crippen LogP contribution in [0.5, 0.6) is 0 Å². The average molecular weight is 234 g/mol. The van der Waals surface area contributed by atoms with Crippen LogP contribution in [0.15, 0.2) is 30.3 Å². The summed E-state index contributed by atoms with van der Waals surface area (Å²) in [5.41, 5.74) is 4.32. The van der Waals surface area contributed by atoms with Gasteiger partial charge in [-0.2, -0.15) is 0 Å². The van der Waals surface area contributed by atoms with E-state index < -0.39 is 0 Å². The molecular formula is C14H22N2O. The summed E-state index contributed by atoms with van der Waals surface area (Å²) in [5, 5.41) is 0. The molecule has 3 heteroatoms. The van der Waals surface area contributed by atoms with Gasteiger partial charge in [0.2, 0.25) is 0 Å². The maximum Gasteiger partial charge on any atom is 0.0636 e. The minimum absolute atomic E-state index is 0.284. The molecule has 3 atom stereocenters. The zero-order chi connectivity index (χ0) is 12.1. The summed E-state index contributed by atoms with van der Waals surface area (Å²) >= 11 is 0. The van der Waals surface area contributed by atoms with Crippen LogP contribution in [-0.2, 0) is 4.74 Å². The molecule has 17 heavy (non-hydrogen) atoms. The summed E-state index contributed by atoms with van der Waals surface area (Å²) in [5.74, 6) is 6.89. The SMILES string of the molecule is CCCOCC(NN)C1CC1c1ccccc1. The van der Waals surface area contributed by atoms with Crippen molar-refractivity contribution in [2.75, 3.05) is 13.2 Å². The maximum absolute atomic E-state index is 5.61. The van der Waals surface area contributed by atoms with Crippen LogP contribution >= 0.6 is 0 Å². The predicted octanol–water partition coefficient (Wildman–Crippen LogP) is 2.05. The highest BCUT2D eigenvalue weighted by Gasteiger charge is 2.43. The van der Waals surface area contributed by atoms with Crippen molar-refractivity contribution in [1.82, 2.24) is 5.43 Å². The van der Waals surface area contributed by atoms with Gasteiger partial charge >= 0.3 is 0 Å². The van der Waals surface area contributed by atoms with Gasteiger partial charge in [0, 0.05) is 12.6 Å². The van der Waals surface area contributed by atoms with Gasteiger partial charge in [-0.1, -0.05) is 37.3 Å². The molecule has 1 aliphatic rings. The van der Waals surface area contributed by atoms with Crippen LogP contribution in [-0.4, -0.2) is 19.3 Å². The van der Waals surface area contributed by atoms with Crippen LogP contribution in [0.4, 0.5) is 0 Å². The van der Waals surface area contributed by atoms with Crippen molar-refractivity contribution in [3.63, 3.8) is 0 Å². The molecule has 0 bridgehead atoms. The molecule has 1 fully saturated rings. The quantitative estimate of drug-likeness (QED) is 0.431. The van der Waals surface area contributed by atoms with Gasteiger partial charge in [0.1, 0.15) is 0 Å². The van der Waals surface area contributed by atoms with Gasteiger partial charge < -0.3 is 4.74 Å². The first kappa shape index (κ1) is 12.6. The fourth-order valence-electron chi connectivity index (χ4n) is 2.39. The molecule has 3 N–H and O–H groups in total. The second-order valence-corrected chi connectivity index (χ2v) is 4.76. The summed E-state index contributed by atoms with van der Waals surface area (Å²) in [6.07, 6.45) is 2.28. The Bertz CT molecular complexity index is 328. The van der Waals surface area contributed by atoms with E-state index in [1.807, 2.05) is 0 Å². The minimum atomic E-state index is 0.284. The predicted molar refractivity (Wildman–Crippen MR) is 69.5 cm³/mol. The molecule has 0 aliphatic heterocycles. The number of nitrogens with one attached hydrogen (secondary N) is 1. The molecule has 0 saturated heterocycles. The van der Waals surface area contributed by atoms with Gasteiger partial charge in [0.25, 0.3) is 0 Å².